The molecule has 0 saturated carbocycles. The van der Waals surface area contributed by atoms with Gasteiger partial charge in [0.15, 0.2) is 0 Å². The predicted molar refractivity (Wildman–Crippen MR) is 86.0 cm³/mol. The number of benzene rings is 1. The Balaban J connectivity index is 0.00000242. The fourth-order valence-electron chi connectivity index (χ4n) is 2.31. The van der Waals surface area contributed by atoms with E-state index in [-0.39, 0.29) is 30.3 Å². The Morgan fingerprint density at radius 2 is 2.09 bits per heavy atom. The molecular weight excluding hydrogens is 306 g/mol. The second-order valence-corrected chi connectivity index (χ2v) is 5.01. The molecule has 1 heterocycles. The summed E-state index contributed by atoms with van der Waals surface area (Å²) >= 11 is 0. The number of nitrogens with one attached hydrogen (secondary N) is 1. The zero-order chi connectivity index (χ0) is 15.1. The third-order valence-corrected chi connectivity index (χ3v) is 3.32. The summed E-state index contributed by atoms with van der Waals surface area (Å²) in [5, 5.41) is 2.83. The van der Waals surface area contributed by atoms with Gasteiger partial charge in [-0.15, -0.1) is 12.4 Å². The number of likely N-dealkylation sites (tertiary alicyclic amines) is 1. The monoisotopic (exact) mass is 327 g/mol. The lowest BCUT2D eigenvalue weighted by Crippen LogP contribution is -2.38. The standard InChI is InChI=1S/C15H21N3O3.ClH/c16-7-6-14(19)17-12-10-15(20)18(11-12)8-9-21-13-4-2-1-3-5-13;/h1-5,12H,6-11,16H2,(H,17,19);1H. The van der Waals surface area contributed by atoms with Crippen LogP contribution in [0, 0.1) is 0 Å². The van der Waals surface area contributed by atoms with Crippen molar-refractivity contribution in [2.24, 2.45) is 5.73 Å². The molecule has 2 rings (SSSR count). The summed E-state index contributed by atoms with van der Waals surface area (Å²) in [6.45, 7) is 1.82. The second-order valence-electron chi connectivity index (χ2n) is 5.01. The van der Waals surface area contributed by atoms with Crippen molar-refractivity contribution in [3.8, 4) is 5.75 Å². The highest BCUT2D eigenvalue weighted by Gasteiger charge is 2.30. The van der Waals surface area contributed by atoms with E-state index in [9.17, 15) is 9.59 Å². The molecule has 2 amide bonds. The molecule has 1 unspecified atom stereocenters. The first kappa shape index (κ1) is 18.3. The quantitative estimate of drug-likeness (QED) is 0.766. The fraction of sp³-hybridized carbons (Fsp3) is 0.467. The van der Waals surface area contributed by atoms with E-state index >= 15 is 0 Å². The minimum atomic E-state index is -0.117. The van der Waals surface area contributed by atoms with Crippen LogP contribution in [0.2, 0.25) is 0 Å². The van der Waals surface area contributed by atoms with Gasteiger partial charge in [0.25, 0.3) is 0 Å². The first-order valence-corrected chi connectivity index (χ1v) is 7.14. The number of carbonyl (C=O) groups is 2. The molecule has 1 aliphatic rings. The van der Waals surface area contributed by atoms with E-state index in [1.807, 2.05) is 30.3 Å². The maximum Gasteiger partial charge on any atom is 0.224 e. The molecule has 0 spiro atoms. The number of nitrogens with two attached hydrogens (primary N) is 1. The summed E-state index contributed by atoms with van der Waals surface area (Å²) < 4.78 is 5.57. The Kier molecular flexibility index (Phi) is 7.70. The molecule has 1 fully saturated rings. The topological polar surface area (TPSA) is 84.7 Å². The predicted octanol–water partition coefficient (Wildman–Crippen LogP) is 0.553. The van der Waals surface area contributed by atoms with Crippen LogP contribution in [0.15, 0.2) is 30.3 Å². The van der Waals surface area contributed by atoms with Crippen molar-refractivity contribution in [1.29, 1.82) is 0 Å². The van der Waals surface area contributed by atoms with Gasteiger partial charge in [-0.3, -0.25) is 9.59 Å². The summed E-state index contributed by atoms with van der Waals surface area (Å²) in [6.07, 6.45) is 0.642. The number of nitrogens with zero attached hydrogens (tertiary/aromatic N) is 1. The van der Waals surface area contributed by atoms with Gasteiger partial charge in [-0.2, -0.15) is 0 Å². The SMILES string of the molecule is Cl.NCCC(=O)NC1CC(=O)N(CCOc2ccccc2)C1. The van der Waals surface area contributed by atoms with Gasteiger partial charge in [0.2, 0.25) is 11.8 Å². The van der Waals surface area contributed by atoms with Crippen molar-refractivity contribution in [2.75, 3.05) is 26.2 Å². The molecule has 0 aliphatic carbocycles. The zero-order valence-corrected chi connectivity index (χ0v) is 13.2. The molecule has 122 valence electrons. The average Bonchev–Trinajstić information content (AvgIpc) is 2.80. The third kappa shape index (κ3) is 5.54. The molecule has 1 aromatic rings. The van der Waals surface area contributed by atoms with Gasteiger partial charge in [-0.25, -0.2) is 0 Å². The van der Waals surface area contributed by atoms with Gasteiger partial charge in [-0.1, -0.05) is 18.2 Å². The lowest BCUT2D eigenvalue weighted by molar-refractivity contribution is -0.128. The van der Waals surface area contributed by atoms with Crippen LogP contribution in [-0.4, -0.2) is 49.0 Å². The maximum absolute atomic E-state index is 11.9. The number of ether oxygens (including phenoxy) is 1. The molecule has 7 heteroatoms. The summed E-state index contributed by atoms with van der Waals surface area (Å²) in [6, 6.07) is 9.36. The Morgan fingerprint density at radius 1 is 1.36 bits per heavy atom. The first-order valence-electron chi connectivity index (χ1n) is 7.14. The Bertz CT molecular complexity index is 484. The number of amides is 2. The number of rotatable bonds is 7. The van der Waals surface area contributed by atoms with Crippen LogP contribution in [0.4, 0.5) is 0 Å². The average molecular weight is 328 g/mol. The molecule has 1 atom stereocenters. The van der Waals surface area contributed by atoms with Crippen molar-refractivity contribution in [2.45, 2.75) is 18.9 Å². The van der Waals surface area contributed by atoms with Crippen LogP contribution in [0.25, 0.3) is 0 Å². The highest BCUT2D eigenvalue weighted by molar-refractivity contribution is 5.85. The third-order valence-electron chi connectivity index (χ3n) is 3.32. The minimum absolute atomic E-state index is 0. The normalized spacial score (nSPS) is 17.0. The van der Waals surface area contributed by atoms with Crippen LogP contribution < -0.4 is 15.8 Å². The molecule has 1 aliphatic heterocycles. The number of halogens is 1. The van der Waals surface area contributed by atoms with Crippen LogP contribution in [0.3, 0.4) is 0 Å². The molecule has 0 radical (unpaired) electrons. The molecule has 3 N–H and O–H groups in total. The fourth-order valence-corrected chi connectivity index (χ4v) is 2.31. The lowest BCUT2D eigenvalue weighted by atomic mass is 10.2. The highest BCUT2D eigenvalue weighted by atomic mass is 35.5. The smallest absolute Gasteiger partial charge is 0.224 e. The van der Waals surface area contributed by atoms with Crippen molar-refractivity contribution >= 4 is 24.2 Å². The van der Waals surface area contributed by atoms with Gasteiger partial charge in [0, 0.05) is 25.9 Å². The van der Waals surface area contributed by atoms with Crippen molar-refractivity contribution in [3.05, 3.63) is 30.3 Å². The number of hydrogen-bond donors (Lipinski definition) is 2. The number of carbonyl (C=O) groups excluding carboxylic acids is 2. The largest absolute Gasteiger partial charge is 0.492 e. The lowest BCUT2D eigenvalue weighted by Gasteiger charge is -2.17. The van der Waals surface area contributed by atoms with E-state index in [1.165, 1.54) is 0 Å². The summed E-state index contributed by atoms with van der Waals surface area (Å²) in [5.41, 5.74) is 5.32. The Morgan fingerprint density at radius 3 is 2.77 bits per heavy atom. The van der Waals surface area contributed by atoms with E-state index < -0.39 is 0 Å². The molecule has 6 nitrogen and oxygen atoms in total. The van der Waals surface area contributed by atoms with Crippen LogP contribution in [0.1, 0.15) is 12.8 Å². The van der Waals surface area contributed by atoms with Gasteiger partial charge >= 0.3 is 0 Å². The highest BCUT2D eigenvalue weighted by Crippen LogP contribution is 2.12. The van der Waals surface area contributed by atoms with Gasteiger partial charge in [0.1, 0.15) is 12.4 Å². The van der Waals surface area contributed by atoms with Crippen molar-refractivity contribution in [3.63, 3.8) is 0 Å². The maximum atomic E-state index is 11.9. The molecule has 0 bridgehead atoms. The van der Waals surface area contributed by atoms with Crippen LogP contribution >= 0.6 is 12.4 Å². The van der Waals surface area contributed by atoms with Gasteiger partial charge < -0.3 is 20.7 Å². The van der Waals surface area contributed by atoms with E-state index in [0.717, 1.165) is 5.75 Å². The number of hydrogen-bond acceptors (Lipinski definition) is 4. The second kappa shape index (κ2) is 9.27. The van der Waals surface area contributed by atoms with E-state index in [1.54, 1.807) is 4.90 Å². The first-order chi connectivity index (χ1) is 10.2. The minimum Gasteiger partial charge on any atom is -0.492 e. The molecule has 0 aromatic heterocycles. The Labute approximate surface area is 136 Å². The van der Waals surface area contributed by atoms with E-state index in [2.05, 4.69) is 5.32 Å². The van der Waals surface area contributed by atoms with E-state index in [4.69, 9.17) is 10.5 Å². The summed E-state index contributed by atoms with van der Waals surface area (Å²) in [7, 11) is 0. The molecule has 1 aromatic carbocycles. The summed E-state index contributed by atoms with van der Waals surface area (Å²) in [4.78, 5) is 25.0. The molecule has 1 saturated heterocycles. The van der Waals surface area contributed by atoms with Crippen molar-refractivity contribution in [1.82, 2.24) is 10.2 Å². The van der Waals surface area contributed by atoms with Gasteiger partial charge in [-0.05, 0) is 12.1 Å². The summed E-state index contributed by atoms with van der Waals surface area (Å²) in [5.74, 6) is 0.736. The zero-order valence-electron chi connectivity index (χ0n) is 12.4. The van der Waals surface area contributed by atoms with Gasteiger partial charge in [0.05, 0.1) is 12.6 Å². The van der Waals surface area contributed by atoms with E-state index in [0.29, 0.717) is 39.1 Å². The van der Waals surface area contributed by atoms with Crippen LogP contribution in [0.5, 0.6) is 5.75 Å². The van der Waals surface area contributed by atoms with Crippen molar-refractivity contribution < 1.29 is 14.3 Å². The van der Waals surface area contributed by atoms with Crippen LogP contribution in [-0.2, 0) is 9.59 Å². The Hall–Kier alpha value is -1.79. The molecular formula is C15H22ClN3O3. The molecule has 22 heavy (non-hydrogen) atoms. The number of para-hydroxylation sites is 1.